The minimum absolute atomic E-state index is 0.0651. The third-order valence-corrected chi connectivity index (χ3v) is 3.23. The van der Waals surface area contributed by atoms with E-state index in [2.05, 4.69) is 17.0 Å². The number of methoxy groups -OCH3 is 2. The molecule has 2 aromatic heterocycles. The zero-order valence-electron chi connectivity index (χ0n) is 11.9. The molecule has 0 saturated carbocycles. The molecule has 0 amide bonds. The second-order valence-electron chi connectivity index (χ2n) is 4.49. The quantitative estimate of drug-likeness (QED) is 0.828. The van der Waals surface area contributed by atoms with Crippen molar-refractivity contribution in [3.05, 3.63) is 5.69 Å². The lowest BCUT2D eigenvalue weighted by atomic mass is 10.3. The van der Waals surface area contributed by atoms with Crippen LogP contribution in [0.25, 0.3) is 11.2 Å². The number of ether oxygens (including phenoxy) is 2. The highest BCUT2D eigenvalue weighted by Gasteiger charge is 2.19. The van der Waals surface area contributed by atoms with Gasteiger partial charge in [-0.25, -0.2) is 4.98 Å². The summed E-state index contributed by atoms with van der Waals surface area (Å²) in [7, 11) is 5.21. The Morgan fingerprint density at radius 2 is 2.11 bits per heavy atom. The van der Waals surface area contributed by atoms with Crippen LogP contribution in [0.15, 0.2) is 0 Å². The lowest BCUT2D eigenvalue weighted by molar-refractivity contribution is 0.0191. The molecule has 0 aromatic carbocycles. The number of anilines is 1. The molecular formula is C12H21N5O2. The Labute approximate surface area is 112 Å². The van der Waals surface area contributed by atoms with Gasteiger partial charge in [0.25, 0.3) is 0 Å². The van der Waals surface area contributed by atoms with Gasteiger partial charge in [-0.05, 0) is 6.42 Å². The predicted molar refractivity (Wildman–Crippen MR) is 73.0 cm³/mol. The van der Waals surface area contributed by atoms with Gasteiger partial charge in [0, 0.05) is 21.3 Å². The minimum Gasteiger partial charge on any atom is -0.382 e. The summed E-state index contributed by atoms with van der Waals surface area (Å²) in [6.45, 7) is 3.16. The maximum Gasteiger partial charge on any atom is 0.202 e. The second kappa shape index (κ2) is 5.58. The van der Waals surface area contributed by atoms with Gasteiger partial charge in [-0.2, -0.15) is 5.10 Å². The van der Waals surface area contributed by atoms with E-state index < -0.39 is 0 Å². The number of aromatic nitrogens is 4. The Kier molecular flexibility index (Phi) is 4.06. The number of hydrogen-bond donors (Lipinski definition) is 1. The van der Waals surface area contributed by atoms with E-state index in [1.807, 2.05) is 16.3 Å². The molecule has 1 unspecified atom stereocenters. The summed E-state index contributed by atoms with van der Waals surface area (Å²) in [4.78, 5) is 4.41. The van der Waals surface area contributed by atoms with Gasteiger partial charge in [-0.15, -0.1) is 0 Å². The molecule has 0 aliphatic heterocycles. The van der Waals surface area contributed by atoms with Crippen molar-refractivity contribution in [2.24, 2.45) is 7.05 Å². The largest absolute Gasteiger partial charge is 0.382 e. The molecule has 2 heterocycles. The van der Waals surface area contributed by atoms with Crippen molar-refractivity contribution in [2.45, 2.75) is 26.0 Å². The summed E-state index contributed by atoms with van der Waals surface area (Å²) in [6, 6.07) is 0. The first kappa shape index (κ1) is 13.8. The zero-order chi connectivity index (χ0) is 14.0. The fourth-order valence-electron chi connectivity index (χ4n) is 2.26. The smallest absolute Gasteiger partial charge is 0.202 e. The number of fused-ring (bicyclic) bond motifs is 1. The van der Waals surface area contributed by atoms with Gasteiger partial charge in [0.1, 0.15) is 5.52 Å². The Morgan fingerprint density at radius 1 is 1.37 bits per heavy atom. The number of nitrogen functional groups attached to an aromatic ring is 1. The topological polar surface area (TPSA) is 80.1 Å². The standard InChI is InChI=1S/C12H21N5O2/c1-5-9-10-11(16(2)15-9)17(12(13)14-10)6-8(19-4)7-18-3/h8H,5-7H2,1-4H3,(H2,13,14). The maximum absolute atomic E-state index is 6.00. The van der Waals surface area contributed by atoms with Gasteiger partial charge in [0.2, 0.25) is 5.95 Å². The molecule has 2 N–H and O–H groups in total. The number of aryl methyl sites for hydroxylation is 2. The van der Waals surface area contributed by atoms with E-state index in [1.165, 1.54) is 0 Å². The van der Waals surface area contributed by atoms with E-state index in [-0.39, 0.29) is 6.10 Å². The van der Waals surface area contributed by atoms with Crippen molar-refractivity contribution >= 4 is 17.1 Å². The number of imidazole rings is 1. The first-order valence-electron chi connectivity index (χ1n) is 6.31. The van der Waals surface area contributed by atoms with Crippen molar-refractivity contribution in [3.63, 3.8) is 0 Å². The average molecular weight is 267 g/mol. The zero-order valence-corrected chi connectivity index (χ0v) is 11.9. The van der Waals surface area contributed by atoms with Crippen LogP contribution in [0, 0.1) is 0 Å². The summed E-state index contributed by atoms with van der Waals surface area (Å²) in [5, 5.41) is 4.45. The summed E-state index contributed by atoms with van der Waals surface area (Å²) >= 11 is 0. The molecule has 19 heavy (non-hydrogen) atoms. The Bertz CT molecular complexity index is 560. The first-order chi connectivity index (χ1) is 9.12. The molecule has 0 fully saturated rings. The van der Waals surface area contributed by atoms with Crippen LogP contribution in [0.4, 0.5) is 5.95 Å². The number of nitrogens with two attached hydrogens (primary N) is 1. The van der Waals surface area contributed by atoms with Crippen molar-refractivity contribution in [1.29, 1.82) is 0 Å². The number of hydrogen-bond acceptors (Lipinski definition) is 5. The molecule has 1 atom stereocenters. The fraction of sp³-hybridized carbons (Fsp3) is 0.667. The maximum atomic E-state index is 6.00. The van der Waals surface area contributed by atoms with E-state index >= 15 is 0 Å². The number of nitrogens with zero attached hydrogens (tertiary/aromatic N) is 4. The molecule has 2 aromatic rings. The molecule has 7 nitrogen and oxygen atoms in total. The van der Waals surface area contributed by atoms with E-state index in [9.17, 15) is 0 Å². The van der Waals surface area contributed by atoms with E-state index in [1.54, 1.807) is 14.2 Å². The molecule has 0 aliphatic rings. The third kappa shape index (κ3) is 2.43. The van der Waals surface area contributed by atoms with Crippen LogP contribution in [0.1, 0.15) is 12.6 Å². The van der Waals surface area contributed by atoms with Crippen LogP contribution in [-0.2, 0) is 29.5 Å². The predicted octanol–water partition coefficient (Wildman–Crippen LogP) is 0.576. The highest BCUT2D eigenvalue weighted by Crippen LogP contribution is 2.21. The third-order valence-electron chi connectivity index (χ3n) is 3.23. The van der Waals surface area contributed by atoms with Crippen molar-refractivity contribution in [3.8, 4) is 0 Å². The normalized spacial score (nSPS) is 13.3. The highest BCUT2D eigenvalue weighted by molar-refractivity contribution is 5.77. The molecule has 7 heteroatoms. The summed E-state index contributed by atoms with van der Waals surface area (Å²) in [5.74, 6) is 0.482. The minimum atomic E-state index is -0.0651. The summed E-state index contributed by atoms with van der Waals surface area (Å²) < 4.78 is 14.3. The van der Waals surface area contributed by atoms with E-state index in [0.29, 0.717) is 19.1 Å². The van der Waals surface area contributed by atoms with Gasteiger partial charge in [-0.3, -0.25) is 9.25 Å². The monoisotopic (exact) mass is 267 g/mol. The van der Waals surface area contributed by atoms with E-state index in [0.717, 1.165) is 23.3 Å². The van der Waals surface area contributed by atoms with Gasteiger partial charge >= 0.3 is 0 Å². The second-order valence-corrected chi connectivity index (χ2v) is 4.49. The van der Waals surface area contributed by atoms with Crippen LogP contribution in [0.3, 0.4) is 0 Å². The Balaban J connectivity index is 2.42. The van der Waals surface area contributed by atoms with Gasteiger partial charge in [0.05, 0.1) is 24.9 Å². The molecule has 0 saturated heterocycles. The molecule has 0 bridgehead atoms. The Hall–Kier alpha value is -1.60. The van der Waals surface area contributed by atoms with Crippen LogP contribution in [0.2, 0.25) is 0 Å². The molecule has 0 radical (unpaired) electrons. The first-order valence-corrected chi connectivity index (χ1v) is 6.31. The van der Waals surface area contributed by atoms with Crippen LogP contribution in [0.5, 0.6) is 0 Å². The van der Waals surface area contributed by atoms with Gasteiger partial charge in [0.15, 0.2) is 5.65 Å². The average Bonchev–Trinajstić information content (AvgIpc) is 2.87. The van der Waals surface area contributed by atoms with E-state index in [4.69, 9.17) is 15.2 Å². The van der Waals surface area contributed by atoms with Crippen LogP contribution < -0.4 is 5.73 Å². The molecule has 106 valence electrons. The molecular weight excluding hydrogens is 246 g/mol. The molecule has 0 spiro atoms. The summed E-state index contributed by atoms with van der Waals surface area (Å²) in [6.07, 6.45) is 0.768. The van der Waals surface area contributed by atoms with Gasteiger partial charge in [-0.1, -0.05) is 6.92 Å². The number of rotatable bonds is 6. The van der Waals surface area contributed by atoms with Crippen LogP contribution in [-0.4, -0.2) is 46.3 Å². The highest BCUT2D eigenvalue weighted by atomic mass is 16.5. The molecule has 0 aliphatic carbocycles. The SMILES string of the molecule is CCc1nn(C)c2c1nc(N)n2CC(COC)OC. The summed E-state index contributed by atoms with van der Waals surface area (Å²) in [5.41, 5.74) is 8.76. The lowest BCUT2D eigenvalue weighted by Crippen LogP contribution is -2.25. The van der Waals surface area contributed by atoms with Crippen molar-refractivity contribution < 1.29 is 9.47 Å². The lowest BCUT2D eigenvalue weighted by Gasteiger charge is -2.16. The fourth-order valence-corrected chi connectivity index (χ4v) is 2.26. The van der Waals surface area contributed by atoms with Crippen molar-refractivity contribution in [1.82, 2.24) is 19.3 Å². The molecule has 2 rings (SSSR count). The van der Waals surface area contributed by atoms with Crippen molar-refractivity contribution in [2.75, 3.05) is 26.6 Å². The van der Waals surface area contributed by atoms with Gasteiger partial charge < -0.3 is 15.2 Å². The Morgan fingerprint density at radius 3 is 2.68 bits per heavy atom. The van der Waals surface area contributed by atoms with Crippen LogP contribution >= 0.6 is 0 Å².